The van der Waals surface area contributed by atoms with Gasteiger partial charge < -0.3 is 5.32 Å². The van der Waals surface area contributed by atoms with Crippen LogP contribution in [0.5, 0.6) is 0 Å². The van der Waals surface area contributed by atoms with Gasteiger partial charge in [0.25, 0.3) is 0 Å². The van der Waals surface area contributed by atoms with E-state index < -0.39 is 0 Å². The summed E-state index contributed by atoms with van der Waals surface area (Å²) < 4.78 is 0. The van der Waals surface area contributed by atoms with Crippen molar-refractivity contribution >= 4 is 11.3 Å². The van der Waals surface area contributed by atoms with Crippen LogP contribution >= 0.6 is 11.3 Å². The summed E-state index contributed by atoms with van der Waals surface area (Å²) in [5, 5.41) is 3.41. The highest BCUT2D eigenvalue weighted by molar-refractivity contribution is 7.12. The zero-order valence-electron chi connectivity index (χ0n) is 10.6. The monoisotopic (exact) mass is 225 g/mol. The fourth-order valence-electron chi connectivity index (χ4n) is 1.65. The van der Waals surface area contributed by atoms with Crippen LogP contribution in [0.25, 0.3) is 0 Å². The van der Waals surface area contributed by atoms with Crippen LogP contribution in [0.4, 0.5) is 0 Å². The lowest BCUT2D eigenvalue weighted by atomic mass is 9.88. The van der Waals surface area contributed by atoms with Crippen molar-refractivity contribution in [2.24, 2.45) is 5.41 Å². The standard InChI is InChI=1S/C13H23NS/c1-10-6-7-12(15-10)11(14-5)8-9-13(2,3)4/h6-7,11,14H,8-9H2,1-5H3. The van der Waals surface area contributed by atoms with Gasteiger partial charge in [-0.2, -0.15) is 0 Å². The maximum Gasteiger partial charge on any atom is 0.0412 e. The third-order valence-corrected chi connectivity index (χ3v) is 3.75. The molecule has 15 heavy (non-hydrogen) atoms. The maximum absolute atomic E-state index is 3.41. The highest BCUT2D eigenvalue weighted by atomic mass is 32.1. The van der Waals surface area contributed by atoms with Crippen molar-refractivity contribution in [3.8, 4) is 0 Å². The SMILES string of the molecule is CNC(CCC(C)(C)C)c1ccc(C)s1. The van der Waals surface area contributed by atoms with Crippen molar-refractivity contribution in [3.05, 3.63) is 21.9 Å². The van der Waals surface area contributed by atoms with E-state index in [1.807, 2.05) is 11.3 Å². The number of rotatable bonds is 4. The van der Waals surface area contributed by atoms with Crippen molar-refractivity contribution in [3.63, 3.8) is 0 Å². The molecular weight excluding hydrogens is 202 g/mol. The van der Waals surface area contributed by atoms with E-state index in [9.17, 15) is 0 Å². The quantitative estimate of drug-likeness (QED) is 0.812. The molecule has 0 spiro atoms. The van der Waals surface area contributed by atoms with Crippen molar-refractivity contribution in [1.82, 2.24) is 5.32 Å². The Bertz CT molecular complexity index is 296. The molecule has 86 valence electrons. The summed E-state index contributed by atoms with van der Waals surface area (Å²) in [5.41, 5.74) is 0.432. The second-order valence-corrected chi connectivity index (χ2v) is 6.71. The normalized spacial score (nSPS) is 14.2. The first-order chi connectivity index (χ1) is 6.92. The Labute approximate surface area is 97.9 Å². The van der Waals surface area contributed by atoms with E-state index in [0.29, 0.717) is 11.5 Å². The molecule has 0 saturated heterocycles. The van der Waals surface area contributed by atoms with Crippen LogP contribution < -0.4 is 5.32 Å². The van der Waals surface area contributed by atoms with Gasteiger partial charge in [0.05, 0.1) is 0 Å². The molecule has 2 heteroatoms. The Hall–Kier alpha value is -0.340. The summed E-state index contributed by atoms with van der Waals surface area (Å²) >= 11 is 1.91. The van der Waals surface area contributed by atoms with Crippen molar-refractivity contribution in [2.75, 3.05) is 7.05 Å². The van der Waals surface area contributed by atoms with E-state index in [4.69, 9.17) is 0 Å². The van der Waals surface area contributed by atoms with Crippen LogP contribution in [0.2, 0.25) is 0 Å². The molecule has 0 aliphatic carbocycles. The highest BCUT2D eigenvalue weighted by Crippen LogP contribution is 2.30. The summed E-state index contributed by atoms with van der Waals surface area (Å²) in [6, 6.07) is 4.99. The van der Waals surface area contributed by atoms with Gasteiger partial charge in [0.15, 0.2) is 0 Å². The van der Waals surface area contributed by atoms with E-state index in [1.165, 1.54) is 22.6 Å². The number of hydrogen-bond acceptors (Lipinski definition) is 2. The molecule has 1 aromatic rings. The number of hydrogen-bond donors (Lipinski definition) is 1. The smallest absolute Gasteiger partial charge is 0.0412 e. The first-order valence-corrected chi connectivity index (χ1v) is 6.47. The number of thiophene rings is 1. The first-order valence-electron chi connectivity index (χ1n) is 5.66. The van der Waals surface area contributed by atoms with Crippen LogP contribution in [0, 0.1) is 12.3 Å². The topological polar surface area (TPSA) is 12.0 Å². The van der Waals surface area contributed by atoms with E-state index in [0.717, 1.165) is 0 Å². The minimum Gasteiger partial charge on any atom is -0.312 e. The Balaban J connectivity index is 2.57. The van der Waals surface area contributed by atoms with Gasteiger partial charge >= 0.3 is 0 Å². The second-order valence-electron chi connectivity index (χ2n) is 5.39. The van der Waals surface area contributed by atoms with E-state index in [-0.39, 0.29) is 0 Å². The lowest BCUT2D eigenvalue weighted by Gasteiger charge is -2.22. The Morgan fingerprint density at radius 3 is 2.40 bits per heavy atom. The molecule has 0 aliphatic rings. The van der Waals surface area contributed by atoms with Crippen LogP contribution in [0.3, 0.4) is 0 Å². The van der Waals surface area contributed by atoms with Crippen LogP contribution in [-0.4, -0.2) is 7.05 Å². The molecule has 0 fully saturated rings. The van der Waals surface area contributed by atoms with E-state index in [1.54, 1.807) is 0 Å². The van der Waals surface area contributed by atoms with Crippen molar-refractivity contribution in [1.29, 1.82) is 0 Å². The van der Waals surface area contributed by atoms with Gasteiger partial charge in [-0.25, -0.2) is 0 Å². The molecule has 0 bridgehead atoms. The summed E-state index contributed by atoms with van der Waals surface area (Å²) in [4.78, 5) is 2.88. The van der Waals surface area contributed by atoms with E-state index >= 15 is 0 Å². The molecule has 1 N–H and O–H groups in total. The molecule has 1 rings (SSSR count). The molecule has 1 unspecified atom stereocenters. The Morgan fingerprint density at radius 2 is 2.00 bits per heavy atom. The summed E-state index contributed by atoms with van der Waals surface area (Å²) in [5.74, 6) is 0. The maximum atomic E-state index is 3.41. The van der Waals surface area contributed by atoms with Gasteiger partial charge in [-0.15, -0.1) is 11.3 Å². The molecule has 0 radical (unpaired) electrons. The zero-order chi connectivity index (χ0) is 11.5. The molecule has 0 aromatic carbocycles. The lowest BCUT2D eigenvalue weighted by Crippen LogP contribution is -2.17. The highest BCUT2D eigenvalue weighted by Gasteiger charge is 2.16. The first kappa shape index (κ1) is 12.7. The van der Waals surface area contributed by atoms with Gasteiger partial charge in [0.1, 0.15) is 0 Å². The summed E-state index contributed by atoms with van der Waals surface area (Å²) in [6.07, 6.45) is 2.48. The van der Waals surface area contributed by atoms with Crippen LogP contribution in [-0.2, 0) is 0 Å². The molecule has 0 amide bonds. The summed E-state index contributed by atoms with van der Waals surface area (Å²) in [6.45, 7) is 9.09. The fourth-order valence-corrected chi connectivity index (χ4v) is 2.67. The molecule has 0 aliphatic heterocycles. The average molecular weight is 225 g/mol. The second kappa shape index (κ2) is 5.13. The molecule has 1 aromatic heterocycles. The predicted octanol–water partition coefficient (Wildman–Crippen LogP) is 4.14. The zero-order valence-corrected chi connectivity index (χ0v) is 11.4. The number of nitrogens with one attached hydrogen (secondary N) is 1. The molecular formula is C13H23NS. The van der Waals surface area contributed by atoms with E-state index in [2.05, 4.69) is 52.2 Å². The van der Waals surface area contributed by atoms with Crippen molar-refractivity contribution < 1.29 is 0 Å². The molecule has 1 nitrogen and oxygen atoms in total. The third-order valence-electron chi connectivity index (χ3n) is 2.64. The number of aryl methyl sites for hydroxylation is 1. The Kier molecular flexibility index (Phi) is 4.35. The lowest BCUT2D eigenvalue weighted by molar-refractivity contribution is 0.339. The van der Waals surface area contributed by atoms with Crippen molar-refractivity contribution in [2.45, 2.75) is 46.6 Å². The van der Waals surface area contributed by atoms with Gasteiger partial charge in [0, 0.05) is 15.8 Å². The minimum absolute atomic E-state index is 0.432. The van der Waals surface area contributed by atoms with Crippen LogP contribution in [0.15, 0.2) is 12.1 Å². The Morgan fingerprint density at radius 1 is 1.33 bits per heavy atom. The molecule has 1 heterocycles. The van der Waals surface area contributed by atoms with Gasteiger partial charge in [-0.1, -0.05) is 20.8 Å². The minimum atomic E-state index is 0.432. The molecule has 1 atom stereocenters. The van der Waals surface area contributed by atoms with Crippen LogP contribution in [0.1, 0.15) is 49.4 Å². The van der Waals surface area contributed by atoms with Gasteiger partial charge in [-0.3, -0.25) is 0 Å². The average Bonchev–Trinajstić information content (AvgIpc) is 2.51. The largest absolute Gasteiger partial charge is 0.312 e. The fraction of sp³-hybridized carbons (Fsp3) is 0.692. The molecule has 0 saturated carbocycles. The predicted molar refractivity (Wildman–Crippen MR) is 69.5 cm³/mol. The van der Waals surface area contributed by atoms with Gasteiger partial charge in [-0.05, 0) is 44.4 Å². The van der Waals surface area contributed by atoms with Gasteiger partial charge in [0.2, 0.25) is 0 Å². The summed E-state index contributed by atoms with van der Waals surface area (Å²) in [7, 11) is 2.06. The third kappa shape index (κ3) is 4.35.